The van der Waals surface area contributed by atoms with Gasteiger partial charge in [-0.1, -0.05) is 30.3 Å². The van der Waals surface area contributed by atoms with Gasteiger partial charge in [-0.15, -0.1) is 11.8 Å². The third kappa shape index (κ3) is 8.42. The van der Waals surface area contributed by atoms with Crippen molar-refractivity contribution in [2.75, 3.05) is 32.0 Å². The van der Waals surface area contributed by atoms with Crippen LogP contribution in [0.5, 0.6) is 17.2 Å². The van der Waals surface area contributed by atoms with E-state index in [1.54, 1.807) is 79.9 Å². The van der Waals surface area contributed by atoms with Gasteiger partial charge in [0.1, 0.15) is 22.9 Å². The number of amides is 3. The van der Waals surface area contributed by atoms with E-state index in [4.69, 9.17) is 14.2 Å². The predicted octanol–water partition coefficient (Wildman–Crippen LogP) is 6.24. The molecule has 0 aliphatic carbocycles. The van der Waals surface area contributed by atoms with Gasteiger partial charge in [0.2, 0.25) is 5.91 Å². The first-order valence-electron chi connectivity index (χ1n) is 13.6. The molecule has 0 aliphatic heterocycles. The molecule has 0 saturated heterocycles. The molecular weight excluding hydrogens is 578 g/mol. The van der Waals surface area contributed by atoms with Crippen LogP contribution in [0.4, 0.5) is 11.4 Å². The molecule has 0 aliphatic rings. The zero-order valence-corrected chi connectivity index (χ0v) is 25.6. The van der Waals surface area contributed by atoms with Gasteiger partial charge >= 0.3 is 0 Å². The van der Waals surface area contributed by atoms with E-state index in [9.17, 15) is 14.4 Å². The fourth-order valence-corrected chi connectivity index (χ4v) is 4.97. The van der Waals surface area contributed by atoms with Crippen LogP contribution in [0.25, 0.3) is 6.08 Å². The van der Waals surface area contributed by atoms with Gasteiger partial charge in [0.25, 0.3) is 11.8 Å². The summed E-state index contributed by atoms with van der Waals surface area (Å²) < 4.78 is 16.1. The summed E-state index contributed by atoms with van der Waals surface area (Å²) in [4.78, 5) is 40.1. The fraction of sp³-hybridized carbons (Fsp3) is 0.147. The van der Waals surface area contributed by atoms with Gasteiger partial charge in [-0.3, -0.25) is 14.4 Å². The maximum atomic E-state index is 13.5. The van der Waals surface area contributed by atoms with Gasteiger partial charge in [0.15, 0.2) is 0 Å². The highest BCUT2D eigenvalue weighted by Crippen LogP contribution is 2.29. The summed E-state index contributed by atoms with van der Waals surface area (Å²) in [6.45, 7) is 1.81. The number of nitrogens with one attached hydrogen (secondary N) is 3. The number of rotatable bonds is 12. The highest BCUT2D eigenvalue weighted by molar-refractivity contribution is 8.00. The van der Waals surface area contributed by atoms with Gasteiger partial charge in [0, 0.05) is 21.7 Å². The minimum Gasteiger partial charge on any atom is -0.497 e. The van der Waals surface area contributed by atoms with Gasteiger partial charge < -0.3 is 30.2 Å². The molecule has 9 nitrogen and oxygen atoms in total. The van der Waals surface area contributed by atoms with Crippen LogP contribution in [-0.2, 0) is 9.59 Å². The van der Waals surface area contributed by atoms with Gasteiger partial charge in [0.05, 0.1) is 32.3 Å². The molecule has 0 bridgehead atoms. The van der Waals surface area contributed by atoms with Crippen LogP contribution in [0.2, 0.25) is 0 Å². The Kier molecular flexibility index (Phi) is 11.0. The van der Waals surface area contributed by atoms with Crippen LogP contribution in [-0.4, -0.2) is 44.3 Å². The first-order chi connectivity index (χ1) is 21.3. The summed E-state index contributed by atoms with van der Waals surface area (Å²) >= 11 is 1.37. The second kappa shape index (κ2) is 15.3. The topological polar surface area (TPSA) is 115 Å². The molecular formula is C34H33N3O6S. The molecule has 0 spiro atoms. The average Bonchev–Trinajstić information content (AvgIpc) is 3.05. The second-order valence-corrected chi connectivity index (χ2v) is 10.8. The van der Waals surface area contributed by atoms with Gasteiger partial charge in [-0.05, 0) is 79.7 Å². The number of anilines is 2. The van der Waals surface area contributed by atoms with Crippen LogP contribution in [0.3, 0.4) is 0 Å². The van der Waals surface area contributed by atoms with Crippen molar-refractivity contribution in [3.05, 3.63) is 114 Å². The second-order valence-electron chi connectivity index (χ2n) is 9.41. The van der Waals surface area contributed by atoms with Gasteiger partial charge in [-0.25, -0.2) is 0 Å². The van der Waals surface area contributed by atoms with E-state index >= 15 is 0 Å². The van der Waals surface area contributed by atoms with Crippen molar-refractivity contribution in [3.63, 3.8) is 0 Å². The van der Waals surface area contributed by atoms with Crippen molar-refractivity contribution in [1.82, 2.24) is 5.32 Å². The normalized spacial score (nSPS) is 11.6. The summed E-state index contributed by atoms with van der Waals surface area (Å²) in [6, 6.07) is 28.1. The predicted molar refractivity (Wildman–Crippen MR) is 173 cm³/mol. The quantitative estimate of drug-likeness (QED) is 0.128. The van der Waals surface area contributed by atoms with Crippen LogP contribution < -0.4 is 30.2 Å². The number of thioether (sulfide) groups is 1. The zero-order valence-electron chi connectivity index (χ0n) is 24.8. The van der Waals surface area contributed by atoms with Crippen LogP contribution in [0.15, 0.2) is 108 Å². The molecule has 0 aromatic heterocycles. The number of ether oxygens (including phenoxy) is 3. The maximum Gasteiger partial charge on any atom is 0.272 e. The molecule has 0 fully saturated rings. The Labute approximate surface area is 260 Å². The first kappa shape index (κ1) is 31.7. The third-order valence-electron chi connectivity index (χ3n) is 6.42. The highest BCUT2D eigenvalue weighted by atomic mass is 32.2. The van der Waals surface area contributed by atoms with E-state index in [1.807, 2.05) is 31.2 Å². The molecule has 4 rings (SSSR count). The Balaban J connectivity index is 1.49. The molecule has 1 unspecified atom stereocenters. The molecule has 44 heavy (non-hydrogen) atoms. The monoisotopic (exact) mass is 611 g/mol. The molecule has 1 atom stereocenters. The third-order valence-corrected chi connectivity index (χ3v) is 7.54. The van der Waals surface area contributed by atoms with Crippen LogP contribution in [0, 0.1) is 0 Å². The van der Waals surface area contributed by atoms with Crippen molar-refractivity contribution in [2.24, 2.45) is 0 Å². The van der Waals surface area contributed by atoms with E-state index < -0.39 is 17.1 Å². The van der Waals surface area contributed by atoms with Crippen LogP contribution in [0.1, 0.15) is 22.8 Å². The molecule has 3 N–H and O–H groups in total. The summed E-state index contributed by atoms with van der Waals surface area (Å²) in [5, 5.41) is 8.05. The summed E-state index contributed by atoms with van der Waals surface area (Å²) in [5.74, 6) is 0.482. The fourth-order valence-electron chi connectivity index (χ4n) is 4.11. The Hall–Kier alpha value is -5.22. The molecule has 4 aromatic carbocycles. The number of hydrogen-bond donors (Lipinski definition) is 3. The highest BCUT2D eigenvalue weighted by Gasteiger charge is 2.18. The maximum absolute atomic E-state index is 13.5. The van der Waals surface area contributed by atoms with Crippen molar-refractivity contribution < 1.29 is 28.6 Å². The van der Waals surface area contributed by atoms with Crippen molar-refractivity contribution in [2.45, 2.75) is 17.1 Å². The van der Waals surface area contributed by atoms with Gasteiger partial charge in [-0.2, -0.15) is 0 Å². The van der Waals surface area contributed by atoms with E-state index in [2.05, 4.69) is 16.0 Å². The SMILES string of the molecule is COc1ccc(OC)c(/C=C(\NC(=O)c2ccccc2)C(=O)Nc2ccc(SC(C)C(=O)Nc3ccccc3OC)cc2)c1. The van der Waals surface area contributed by atoms with Crippen LogP contribution >= 0.6 is 11.8 Å². The lowest BCUT2D eigenvalue weighted by Crippen LogP contribution is -2.30. The molecule has 0 saturated carbocycles. The summed E-state index contributed by atoms with van der Waals surface area (Å²) in [7, 11) is 4.61. The Bertz CT molecular complexity index is 1640. The lowest BCUT2D eigenvalue weighted by atomic mass is 10.1. The number of carbonyl (C=O) groups excluding carboxylic acids is 3. The number of methoxy groups -OCH3 is 3. The number of carbonyl (C=O) groups is 3. The Morgan fingerprint density at radius 3 is 2.11 bits per heavy atom. The average molecular weight is 612 g/mol. The minimum atomic E-state index is -0.538. The number of para-hydroxylation sites is 2. The summed E-state index contributed by atoms with van der Waals surface area (Å²) in [6.07, 6.45) is 1.53. The van der Waals surface area contributed by atoms with E-state index in [-0.39, 0.29) is 11.6 Å². The van der Waals surface area contributed by atoms with Crippen molar-refractivity contribution in [1.29, 1.82) is 0 Å². The molecule has 4 aromatic rings. The lowest BCUT2D eigenvalue weighted by molar-refractivity contribution is -0.115. The molecule has 0 heterocycles. The zero-order chi connectivity index (χ0) is 31.5. The Morgan fingerprint density at radius 1 is 0.750 bits per heavy atom. The lowest BCUT2D eigenvalue weighted by Gasteiger charge is -2.15. The van der Waals surface area contributed by atoms with Crippen molar-refractivity contribution >= 4 is 46.9 Å². The first-order valence-corrected chi connectivity index (χ1v) is 14.5. The Morgan fingerprint density at radius 2 is 1.43 bits per heavy atom. The number of hydrogen-bond acceptors (Lipinski definition) is 7. The molecule has 10 heteroatoms. The van der Waals surface area contributed by atoms with E-state index in [0.29, 0.717) is 39.8 Å². The van der Waals surface area contributed by atoms with E-state index in [0.717, 1.165) is 4.90 Å². The largest absolute Gasteiger partial charge is 0.497 e. The molecule has 3 amide bonds. The minimum absolute atomic E-state index is 0.00508. The molecule has 226 valence electrons. The smallest absolute Gasteiger partial charge is 0.272 e. The molecule has 0 radical (unpaired) electrons. The standard InChI is InChI=1S/C34H33N3O6S/c1-22(32(38)36-28-12-8-9-13-31(28)43-4)44-27-17-14-25(15-18-27)35-34(40)29(37-33(39)23-10-6-5-7-11-23)21-24-20-26(41-2)16-19-30(24)42-3/h5-22H,1-4H3,(H,35,40)(H,36,38)(H,37,39)/b29-21-. The summed E-state index contributed by atoms with van der Waals surface area (Å²) in [5.41, 5.74) is 2.04. The van der Waals surface area contributed by atoms with Crippen molar-refractivity contribution in [3.8, 4) is 17.2 Å². The van der Waals surface area contributed by atoms with E-state index in [1.165, 1.54) is 32.1 Å². The number of benzene rings is 4.